The van der Waals surface area contributed by atoms with Gasteiger partial charge >= 0.3 is 0 Å². The zero-order chi connectivity index (χ0) is 16.0. The molecule has 0 radical (unpaired) electrons. The predicted octanol–water partition coefficient (Wildman–Crippen LogP) is 3.96. The zero-order valence-electron chi connectivity index (χ0n) is 14.2. The highest BCUT2D eigenvalue weighted by Crippen LogP contribution is 2.38. The molecule has 1 rings (SSSR count). The standard InChI is InChI=1S/C16H31BrN4/c1-6-11-21-14(13(17)12-19-21)15(18)16(7-2,8-3)20(9-4)10-5/h12,15H,6-11,18H2,1-5H3. The van der Waals surface area contributed by atoms with E-state index >= 15 is 0 Å². The first-order chi connectivity index (χ1) is 10.0. The third kappa shape index (κ3) is 3.51. The van der Waals surface area contributed by atoms with Crippen molar-refractivity contribution in [2.45, 2.75) is 72.0 Å². The van der Waals surface area contributed by atoms with Gasteiger partial charge in [-0.2, -0.15) is 5.10 Å². The maximum absolute atomic E-state index is 6.79. The quantitative estimate of drug-likeness (QED) is 0.726. The van der Waals surface area contributed by atoms with Crippen molar-refractivity contribution in [3.8, 4) is 0 Å². The normalized spacial score (nSPS) is 13.9. The maximum atomic E-state index is 6.79. The summed E-state index contributed by atoms with van der Waals surface area (Å²) in [4.78, 5) is 2.51. The van der Waals surface area contributed by atoms with Gasteiger partial charge in [0.2, 0.25) is 0 Å². The first-order valence-electron chi connectivity index (χ1n) is 8.24. The van der Waals surface area contributed by atoms with E-state index in [0.29, 0.717) is 0 Å². The number of hydrogen-bond donors (Lipinski definition) is 1. The minimum absolute atomic E-state index is 0.0163. The van der Waals surface area contributed by atoms with Crippen LogP contribution in [0, 0.1) is 0 Å². The van der Waals surface area contributed by atoms with E-state index in [2.05, 4.69) is 65.2 Å². The number of likely N-dealkylation sites (N-methyl/N-ethyl adjacent to an activating group) is 1. The largest absolute Gasteiger partial charge is 0.321 e. The molecule has 0 saturated heterocycles. The smallest absolute Gasteiger partial charge is 0.0712 e. The van der Waals surface area contributed by atoms with E-state index in [9.17, 15) is 0 Å². The minimum Gasteiger partial charge on any atom is -0.321 e. The Morgan fingerprint density at radius 3 is 2.24 bits per heavy atom. The molecule has 0 aliphatic heterocycles. The molecule has 0 amide bonds. The molecule has 1 atom stereocenters. The molecule has 122 valence electrons. The number of rotatable bonds is 9. The van der Waals surface area contributed by atoms with Crippen LogP contribution in [0.1, 0.15) is 65.6 Å². The third-order valence-electron chi connectivity index (χ3n) is 4.76. The van der Waals surface area contributed by atoms with Gasteiger partial charge in [0.1, 0.15) is 0 Å². The Morgan fingerprint density at radius 2 is 1.81 bits per heavy atom. The Balaban J connectivity index is 3.29. The van der Waals surface area contributed by atoms with E-state index in [-0.39, 0.29) is 11.6 Å². The number of aromatic nitrogens is 2. The number of aryl methyl sites for hydroxylation is 1. The summed E-state index contributed by atoms with van der Waals surface area (Å²) in [5, 5.41) is 4.49. The summed E-state index contributed by atoms with van der Waals surface area (Å²) >= 11 is 3.65. The average Bonchev–Trinajstić information content (AvgIpc) is 2.85. The zero-order valence-corrected chi connectivity index (χ0v) is 15.8. The summed E-state index contributed by atoms with van der Waals surface area (Å²) in [6.45, 7) is 14.0. The maximum Gasteiger partial charge on any atom is 0.0712 e. The van der Waals surface area contributed by atoms with Crippen LogP contribution in [0.5, 0.6) is 0 Å². The van der Waals surface area contributed by atoms with Crippen molar-refractivity contribution in [3.05, 3.63) is 16.4 Å². The first kappa shape index (κ1) is 18.7. The SMILES string of the molecule is CCCn1ncc(Br)c1C(N)C(CC)(CC)N(CC)CC. The summed E-state index contributed by atoms with van der Waals surface area (Å²) in [6, 6.07) is -0.0455. The summed E-state index contributed by atoms with van der Waals surface area (Å²) in [5.41, 5.74) is 7.91. The van der Waals surface area contributed by atoms with Gasteiger partial charge in [-0.15, -0.1) is 0 Å². The summed E-state index contributed by atoms with van der Waals surface area (Å²) < 4.78 is 3.10. The Hall–Kier alpha value is -0.390. The van der Waals surface area contributed by atoms with E-state index in [0.717, 1.165) is 49.1 Å². The second kappa shape index (κ2) is 8.30. The van der Waals surface area contributed by atoms with Crippen molar-refractivity contribution < 1.29 is 0 Å². The van der Waals surface area contributed by atoms with Gasteiger partial charge in [0.15, 0.2) is 0 Å². The van der Waals surface area contributed by atoms with Gasteiger partial charge < -0.3 is 5.73 Å². The topological polar surface area (TPSA) is 47.1 Å². The lowest BCUT2D eigenvalue weighted by molar-refractivity contribution is 0.0593. The molecule has 4 nitrogen and oxygen atoms in total. The first-order valence-corrected chi connectivity index (χ1v) is 9.03. The Bertz CT molecular complexity index is 422. The van der Waals surface area contributed by atoms with Gasteiger partial charge in [0.25, 0.3) is 0 Å². The minimum atomic E-state index is -0.0455. The fourth-order valence-electron chi connectivity index (χ4n) is 3.51. The predicted molar refractivity (Wildman–Crippen MR) is 93.4 cm³/mol. The highest BCUT2D eigenvalue weighted by molar-refractivity contribution is 9.10. The number of halogens is 1. The van der Waals surface area contributed by atoms with Crippen LogP contribution in [0.25, 0.3) is 0 Å². The van der Waals surface area contributed by atoms with Crippen LogP contribution in [-0.2, 0) is 6.54 Å². The van der Waals surface area contributed by atoms with E-state index in [1.165, 1.54) is 0 Å². The van der Waals surface area contributed by atoms with Gasteiger partial charge in [0.05, 0.1) is 22.4 Å². The second-order valence-electron chi connectivity index (χ2n) is 5.56. The average molecular weight is 359 g/mol. The van der Waals surface area contributed by atoms with Crippen LogP contribution in [0.4, 0.5) is 0 Å². The molecule has 0 aliphatic rings. The summed E-state index contributed by atoms with van der Waals surface area (Å²) in [7, 11) is 0. The van der Waals surface area contributed by atoms with Crippen LogP contribution < -0.4 is 5.73 Å². The molecule has 0 fully saturated rings. The molecule has 5 heteroatoms. The number of nitrogens with zero attached hydrogens (tertiary/aromatic N) is 3. The second-order valence-corrected chi connectivity index (χ2v) is 6.42. The number of nitrogens with two attached hydrogens (primary N) is 1. The monoisotopic (exact) mass is 358 g/mol. The van der Waals surface area contributed by atoms with Gasteiger partial charge in [-0.3, -0.25) is 9.58 Å². The van der Waals surface area contributed by atoms with E-state index < -0.39 is 0 Å². The van der Waals surface area contributed by atoms with Crippen LogP contribution >= 0.6 is 15.9 Å². The van der Waals surface area contributed by atoms with Crippen molar-refractivity contribution in [1.82, 2.24) is 14.7 Å². The molecule has 0 saturated carbocycles. The van der Waals surface area contributed by atoms with Crippen molar-refractivity contribution in [2.24, 2.45) is 5.73 Å². The van der Waals surface area contributed by atoms with Crippen LogP contribution in [0.3, 0.4) is 0 Å². The molecule has 1 aromatic rings. The van der Waals surface area contributed by atoms with Crippen LogP contribution in [0.2, 0.25) is 0 Å². The van der Waals surface area contributed by atoms with Gasteiger partial charge in [-0.25, -0.2) is 0 Å². The van der Waals surface area contributed by atoms with E-state index in [1.807, 2.05) is 6.20 Å². The van der Waals surface area contributed by atoms with Gasteiger partial charge in [-0.05, 0) is 48.3 Å². The van der Waals surface area contributed by atoms with Gasteiger partial charge in [-0.1, -0.05) is 34.6 Å². The lowest BCUT2D eigenvalue weighted by atomic mass is 9.81. The van der Waals surface area contributed by atoms with Crippen molar-refractivity contribution in [3.63, 3.8) is 0 Å². The Kier molecular flexibility index (Phi) is 7.37. The Labute approximate surface area is 138 Å². The lowest BCUT2D eigenvalue weighted by Crippen LogP contribution is -2.55. The molecular weight excluding hydrogens is 328 g/mol. The summed E-state index contributed by atoms with van der Waals surface area (Å²) in [5.74, 6) is 0. The summed E-state index contributed by atoms with van der Waals surface area (Å²) in [6.07, 6.45) is 5.01. The van der Waals surface area contributed by atoms with Gasteiger partial charge in [0, 0.05) is 12.1 Å². The highest BCUT2D eigenvalue weighted by Gasteiger charge is 2.41. The molecule has 0 bridgehead atoms. The van der Waals surface area contributed by atoms with Crippen molar-refractivity contribution in [2.75, 3.05) is 13.1 Å². The molecule has 0 aromatic carbocycles. The molecule has 0 spiro atoms. The van der Waals surface area contributed by atoms with E-state index in [4.69, 9.17) is 5.73 Å². The highest BCUT2D eigenvalue weighted by atomic mass is 79.9. The number of hydrogen-bond acceptors (Lipinski definition) is 3. The molecule has 0 aliphatic carbocycles. The van der Waals surface area contributed by atoms with Crippen molar-refractivity contribution in [1.29, 1.82) is 0 Å². The fourth-order valence-corrected chi connectivity index (χ4v) is 4.06. The van der Waals surface area contributed by atoms with Crippen LogP contribution in [0.15, 0.2) is 10.7 Å². The molecule has 21 heavy (non-hydrogen) atoms. The Morgan fingerprint density at radius 1 is 1.24 bits per heavy atom. The van der Waals surface area contributed by atoms with Crippen molar-refractivity contribution >= 4 is 15.9 Å². The fraction of sp³-hybridized carbons (Fsp3) is 0.812. The molecule has 1 unspecified atom stereocenters. The molecule has 2 N–H and O–H groups in total. The molecule has 1 heterocycles. The third-order valence-corrected chi connectivity index (χ3v) is 5.37. The van der Waals surface area contributed by atoms with Crippen LogP contribution in [-0.4, -0.2) is 33.3 Å². The molecular formula is C16H31BrN4. The molecule has 1 aromatic heterocycles. The lowest BCUT2D eigenvalue weighted by Gasteiger charge is -2.46. The van der Waals surface area contributed by atoms with E-state index in [1.54, 1.807) is 0 Å².